The third kappa shape index (κ3) is 7.67. The number of halogens is 1. The van der Waals surface area contributed by atoms with Crippen LogP contribution in [0.15, 0.2) is 22.7 Å². The highest BCUT2D eigenvalue weighted by molar-refractivity contribution is 9.10. The van der Waals surface area contributed by atoms with Gasteiger partial charge in [0.05, 0.1) is 11.1 Å². The second-order valence-corrected chi connectivity index (χ2v) is 7.18. The van der Waals surface area contributed by atoms with Crippen molar-refractivity contribution in [1.82, 2.24) is 0 Å². The predicted molar refractivity (Wildman–Crippen MR) is 99.3 cm³/mol. The van der Waals surface area contributed by atoms with Crippen molar-refractivity contribution in [2.24, 2.45) is 5.92 Å². The second kappa shape index (κ2) is 10.7. The Hall–Kier alpha value is -1.07. The van der Waals surface area contributed by atoms with E-state index < -0.39 is 6.29 Å². The molecule has 136 valence electrons. The zero-order valence-electron chi connectivity index (χ0n) is 15.3. The average Bonchev–Trinajstić information content (AvgIpc) is 2.51. The summed E-state index contributed by atoms with van der Waals surface area (Å²) in [6, 6.07) is 6.24. The van der Waals surface area contributed by atoms with Gasteiger partial charge in [0, 0.05) is 6.92 Å². The van der Waals surface area contributed by atoms with E-state index in [9.17, 15) is 4.79 Å². The minimum Gasteiger partial charge on any atom is -0.464 e. The number of benzene rings is 1. The lowest BCUT2D eigenvalue weighted by atomic mass is 9.88. The third-order valence-corrected chi connectivity index (χ3v) is 4.33. The van der Waals surface area contributed by atoms with Gasteiger partial charge in [0.15, 0.2) is 6.29 Å². The van der Waals surface area contributed by atoms with Crippen molar-refractivity contribution in [3.8, 4) is 5.75 Å². The number of carbonyl (C=O) groups excluding carboxylic acids is 1. The van der Waals surface area contributed by atoms with Crippen LogP contribution >= 0.6 is 15.9 Å². The van der Waals surface area contributed by atoms with Crippen LogP contribution in [-0.4, -0.2) is 25.5 Å². The molecule has 5 heteroatoms. The van der Waals surface area contributed by atoms with Crippen molar-refractivity contribution < 1.29 is 19.0 Å². The number of rotatable bonds is 10. The molecule has 0 saturated carbocycles. The summed E-state index contributed by atoms with van der Waals surface area (Å²) in [6.45, 7) is 10.5. The normalized spacial score (nSPS) is 13.6. The number of esters is 1. The molecule has 0 saturated heterocycles. The van der Waals surface area contributed by atoms with Crippen LogP contribution in [0.5, 0.6) is 5.75 Å². The molecule has 1 rings (SSSR count). The van der Waals surface area contributed by atoms with Crippen LogP contribution in [0.2, 0.25) is 0 Å². The molecule has 2 atom stereocenters. The maximum absolute atomic E-state index is 10.7. The maximum Gasteiger partial charge on any atom is 0.302 e. The highest BCUT2D eigenvalue weighted by Crippen LogP contribution is 2.33. The maximum atomic E-state index is 10.7. The summed E-state index contributed by atoms with van der Waals surface area (Å²) in [6.07, 6.45) is 1.89. The Morgan fingerprint density at radius 3 is 2.46 bits per heavy atom. The molecule has 24 heavy (non-hydrogen) atoms. The first-order valence-corrected chi connectivity index (χ1v) is 9.33. The Bertz CT molecular complexity index is 516. The molecule has 0 aromatic heterocycles. The van der Waals surface area contributed by atoms with Crippen LogP contribution in [0.1, 0.15) is 58.9 Å². The minimum absolute atomic E-state index is 0.233. The molecule has 0 N–H and O–H groups in total. The van der Waals surface area contributed by atoms with Crippen molar-refractivity contribution >= 4 is 21.9 Å². The summed E-state index contributed by atoms with van der Waals surface area (Å²) in [5.74, 6) is 1.68. The monoisotopic (exact) mass is 400 g/mol. The summed E-state index contributed by atoms with van der Waals surface area (Å²) in [4.78, 5) is 10.7. The van der Waals surface area contributed by atoms with Crippen LogP contribution < -0.4 is 4.74 Å². The van der Waals surface area contributed by atoms with E-state index in [2.05, 4.69) is 48.8 Å². The topological polar surface area (TPSA) is 44.8 Å². The minimum atomic E-state index is -0.416. The van der Waals surface area contributed by atoms with Gasteiger partial charge in [-0.1, -0.05) is 26.8 Å². The standard InChI is InChI=1S/C19H29BrO4/c1-6-16(11-13(2)3)17-7-8-19(18(20)12-17)24-15(5)23-10-9-22-14(4)21/h7-8,12-13,15-16H,6,9-11H2,1-5H3. The van der Waals surface area contributed by atoms with Gasteiger partial charge >= 0.3 is 5.97 Å². The van der Waals surface area contributed by atoms with Gasteiger partial charge in [0.2, 0.25) is 0 Å². The van der Waals surface area contributed by atoms with Crippen molar-refractivity contribution in [3.05, 3.63) is 28.2 Å². The quantitative estimate of drug-likeness (QED) is 0.304. The highest BCUT2D eigenvalue weighted by atomic mass is 79.9. The van der Waals surface area contributed by atoms with Gasteiger partial charge in [-0.25, -0.2) is 0 Å². The molecular formula is C19H29BrO4. The lowest BCUT2D eigenvalue weighted by Gasteiger charge is -2.20. The molecule has 0 aliphatic heterocycles. The Morgan fingerprint density at radius 2 is 1.92 bits per heavy atom. The highest BCUT2D eigenvalue weighted by Gasteiger charge is 2.14. The summed E-state index contributed by atoms with van der Waals surface area (Å²) in [7, 11) is 0. The van der Waals surface area contributed by atoms with Crippen molar-refractivity contribution in [2.45, 2.75) is 59.7 Å². The van der Waals surface area contributed by atoms with E-state index in [1.807, 2.05) is 13.0 Å². The zero-order chi connectivity index (χ0) is 18.1. The Morgan fingerprint density at radius 1 is 1.21 bits per heavy atom. The third-order valence-electron chi connectivity index (χ3n) is 3.71. The first-order valence-electron chi connectivity index (χ1n) is 8.54. The van der Waals surface area contributed by atoms with Crippen LogP contribution in [0.3, 0.4) is 0 Å². The summed E-state index contributed by atoms with van der Waals surface area (Å²) < 4.78 is 17.0. The van der Waals surface area contributed by atoms with E-state index in [1.54, 1.807) is 0 Å². The van der Waals surface area contributed by atoms with Crippen LogP contribution in [0, 0.1) is 5.92 Å². The van der Waals surface area contributed by atoms with Gasteiger partial charge in [-0.05, 0) is 65.2 Å². The van der Waals surface area contributed by atoms with Crippen molar-refractivity contribution in [1.29, 1.82) is 0 Å². The molecular weight excluding hydrogens is 372 g/mol. The largest absolute Gasteiger partial charge is 0.464 e. The van der Waals surface area contributed by atoms with Crippen LogP contribution in [0.25, 0.3) is 0 Å². The first-order chi connectivity index (χ1) is 11.3. The average molecular weight is 401 g/mol. The molecule has 0 spiro atoms. The van der Waals surface area contributed by atoms with E-state index in [4.69, 9.17) is 14.2 Å². The summed E-state index contributed by atoms with van der Waals surface area (Å²) in [5, 5.41) is 0. The van der Waals surface area contributed by atoms with Gasteiger partial charge < -0.3 is 14.2 Å². The molecule has 0 aliphatic carbocycles. The Balaban J connectivity index is 2.59. The molecule has 2 unspecified atom stereocenters. The molecule has 1 aromatic carbocycles. The molecule has 1 aromatic rings. The van der Waals surface area contributed by atoms with E-state index in [0.29, 0.717) is 18.4 Å². The van der Waals surface area contributed by atoms with E-state index in [-0.39, 0.29) is 12.6 Å². The summed E-state index contributed by atoms with van der Waals surface area (Å²) >= 11 is 3.59. The smallest absolute Gasteiger partial charge is 0.302 e. The van der Waals surface area contributed by atoms with Gasteiger partial charge in [0.1, 0.15) is 12.4 Å². The number of ether oxygens (including phenoxy) is 3. The molecule has 0 radical (unpaired) electrons. The van der Waals surface area contributed by atoms with Gasteiger partial charge in [0.25, 0.3) is 0 Å². The molecule has 0 fully saturated rings. The Kier molecular flexibility index (Phi) is 9.37. The number of hydrogen-bond acceptors (Lipinski definition) is 4. The first kappa shape index (κ1) is 21.0. The van der Waals surface area contributed by atoms with E-state index in [1.165, 1.54) is 18.9 Å². The van der Waals surface area contributed by atoms with Crippen molar-refractivity contribution in [3.63, 3.8) is 0 Å². The van der Waals surface area contributed by atoms with Gasteiger partial charge in [-0.3, -0.25) is 4.79 Å². The molecule has 4 nitrogen and oxygen atoms in total. The predicted octanol–water partition coefficient (Wildman–Crippen LogP) is 5.29. The van der Waals surface area contributed by atoms with E-state index in [0.717, 1.165) is 16.6 Å². The molecule has 0 bridgehead atoms. The van der Waals surface area contributed by atoms with E-state index >= 15 is 0 Å². The zero-order valence-corrected chi connectivity index (χ0v) is 16.9. The lowest BCUT2D eigenvalue weighted by Crippen LogP contribution is -2.20. The van der Waals surface area contributed by atoms with Crippen molar-refractivity contribution in [2.75, 3.05) is 13.2 Å². The van der Waals surface area contributed by atoms with Gasteiger partial charge in [-0.15, -0.1) is 0 Å². The van der Waals surface area contributed by atoms with Gasteiger partial charge in [-0.2, -0.15) is 0 Å². The fourth-order valence-electron chi connectivity index (χ4n) is 2.59. The Labute approximate surface area is 154 Å². The SMILES string of the molecule is CCC(CC(C)C)c1ccc(OC(C)OCCOC(C)=O)c(Br)c1. The number of hydrogen-bond donors (Lipinski definition) is 0. The molecule has 0 aliphatic rings. The fraction of sp³-hybridized carbons (Fsp3) is 0.632. The van der Waals surface area contributed by atoms with Crippen LogP contribution in [0.4, 0.5) is 0 Å². The molecule has 0 amide bonds. The van der Waals surface area contributed by atoms with Crippen LogP contribution in [-0.2, 0) is 14.3 Å². The second-order valence-electron chi connectivity index (χ2n) is 6.32. The fourth-order valence-corrected chi connectivity index (χ4v) is 3.08. The summed E-state index contributed by atoms with van der Waals surface area (Å²) in [5.41, 5.74) is 1.33. The molecule has 0 heterocycles. The number of carbonyl (C=O) groups is 1. The lowest BCUT2D eigenvalue weighted by molar-refractivity contribution is -0.145.